The highest BCUT2D eigenvalue weighted by molar-refractivity contribution is 5.52. The van der Waals surface area contributed by atoms with Crippen LogP contribution in [0.3, 0.4) is 0 Å². The molecule has 3 rings (SSSR count). The quantitative estimate of drug-likeness (QED) is 0.620. The fourth-order valence-electron chi connectivity index (χ4n) is 4.53. The summed E-state index contributed by atoms with van der Waals surface area (Å²) in [5.41, 5.74) is 4.34. The molecule has 1 aliphatic heterocycles. The van der Waals surface area contributed by atoms with Crippen LogP contribution in [0.25, 0.3) is 0 Å². The second-order valence-corrected chi connectivity index (χ2v) is 10.7. The summed E-state index contributed by atoms with van der Waals surface area (Å²) in [5.74, 6) is 1.33. The average molecular weight is 410 g/mol. The number of benzene rings is 2. The van der Waals surface area contributed by atoms with Crippen LogP contribution >= 0.6 is 0 Å². The van der Waals surface area contributed by atoms with Crippen LogP contribution in [0.5, 0.6) is 11.5 Å². The highest BCUT2D eigenvalue weighted by Gasteiger charge is 2.31. The predicted molar refractivity (Wildman–Crippen MR) is 126 cm³/mol. The van der Waals surface area contributed by atoms with Gasteiger partial charge in [-0.25, -0.2) is 0 Å². The fraction of sp³-hybridized carbons (Fsp3) is 0.556. The van der Waals surface area contributed by atoms with E-state index in [1.807, 2.05) is 0 Å². The number of nitrogens with zero attached hydrogens (tertiary/aromatic N) is 1. The lowest BCUT2D eigenvalue weighted by Crippen LogP contribution is -2.34. The van der Waals surface area contributed by atoms with Gasteiger partial charge < -0.3 is 9.84 Å². The zero-order chi connectivity index (χ0) is 22.1. The molecule has 0 unspecified atom stereocenters. The number of hydrogen-bond donors (Lipinski definition) is 1. The maximum atomic E-state index is 11.2. The molecule has 0 saturated carbocycles. The number of rotatable bonds is 4. The molecular weight excluding hydrogens is 370 g/mol. The Bertz CT molecular complexity index is 815. The minimum absolute atomic E-state index is 0.132. The Morgan fingerprint density at radius 1 is 0.800 bits per heavy atom. The Kier molecular flexibility index (Phi) is 6.52. The van der Waals surface area contributed by atoms with E-state index in [2.05, 4.69) is 82.8 Å². The Labute approximate surface area is 183 Å². The van der Waals surface area contributed by atoms with Crippen LogP contribution in [-0.4, -0.2) is 30.2 Å². The molecule has 1 N–H and O–H groups in total. The molecule has 0 aliphatic carbocycles. The molecule has 1 fully saturated rings. The standard InChI is InChI=1S/C27H39NO2/c1-26(2,3)22-17-20(18-23(25(22)29)27(4,5)6)24(28-15-9-8-10-16-28)19-11-13-21(30-7)14-12-19/h11-14,17-18,24,29H,8-10,15-16H2,1-7H3/t24-/m1/s1. The minimum atomic E-state index is -0.132. The molecule has 1 saturated heterocycles. The van der Waals surface area contributed by atoms with Crippen molar-refractivity contribution in [1.29, 1.82) is 0 Å². The van der Waals surface area contributed by atoms with Crippen molar-refractivity contribution in [1.82, 2.24) is 4.90 Å². The van der Waals surface area contributed by atoms with Crippen molar-refractivity contribution in [3.8, 4) is 11.5 Å². The van der Waals surface area contributed by atoms with Gasteiger partial charge in [0.15, 0.2) is 0 Å². The van der Waals surface area contributed by atoms with Gasteiger partial charge in [0.1, 0.15) is 11.5 Å². The first-order valence-corrected chi connectivity index (χ1v) is 11.3. The monoisotopic (exact) mass is 409 g/mol. The van der Waals surface area contributed by atoms with E-state index in [-0.39, 0.29) is 16.9 Å². The van der Waals surface area contributed by atoms with E-state index in [0.717, 1.165) is 30.0 Å². The molecule has 0 aromatic heterocycles. The fourth-order valence-corrected chi connectivity index (χ4v) is 4.53. The van der Waals surface area contributed by atoms with Crippen molar-refractivity contribution in [3.63, 3.8) is 0 Å². The van der Waals surface area contributed by atoms with E-state index in [9.17, 15) is 5.11 Å². The third-order valence-corrected chi connectivity index (χ3v) is 6.25. The molecule has 30 heavy (non-hydrogen) atoms. The molecule has 164 valence electrons. The van der Waals surface area contributed by atoms with E-state index in [0.29, 0.717) is 5.75 Å². The maximum absolute atomic E-state index is 11.2. The van der Waals surface area contributed by atoms with E-state index in [1.54, 1.807) is 7.11 Å². The molecule has 0 radical (unpaired) electrons. The van der Waals surface area contributed by atoms with E-state index in [4.69, 9.17) is 4.74 Å². The Hall–Kier alpha value is -2.00. The van der Waals surface area contributed by atoms with E-state index < -0.39 is 0 Å². The summed E-state index contributed by atoms with van der Waals surface area (Å²) in [7, 11) is 1.71. The second-order valence-electron chi connectivity index (χ2n) is 10.7. The van der Waals surface area contributed by atoms with Gasteiger partial charge in [0.05, 0.1) is 13.2 Å². The molecule has 1 heterocycles. The Balaban J connectivity index is 2.21. The van der Waals surface area contributed by atoms with Gasteiger partial charge in [0, 0.05) is 0 Å². The van der Waals surface area contributed by atoms with Crippen molar-refractivity contribution >= 4 is 0 Å². The number of aromatic hydroxyl groups is 1. The molecule has 1 aliphatic rings. The molecule has 0 amide bonds. The van der Waals surface area contributed by atoms with Crippen LogP contribution in [0, 0.1) is 0 Å². The van der Waals surface area contributed by atoms with Crippen molar-refractivity contribution in [2.45, 2.75) is 77.7 Å². The predicted octanol–water partition coefficient (Wildman–Crippen LogP) is 6.57. The summed E-state index contributed by atoms with van der Waals surface area (Å²) in [6.07, 6.45) is 3.79. The molecule has 0 bridgehead atoms. The van der Waals surface area contributed by atoms with Crippen LogP contribution in [0.15, 0.2) is 36.4 Å². The average Bonchev–Trinajstić information content (AvgIpc) is 2.69. The van der Waals surface area contributed by atoms with Crippen molar-refractivity contribution in [2.24, 2.45) is 0 Å². The zero-order valence-corrected chi connectivity index (χ0v) is 19.9. The topological polar surface area (TPSA) is 32.7 Å². The third kappa shape index (κ3) is 4.83. The number of likely N-dealkylation sites (tertiary alicyclic amines) is 1. The zero-order valence-electron chi connectivity index (χ0n) is 19.9. The summed E-state index contributed by atoms with van der Waals surface area (Å²) in [5, 5.41) is 11.2. The number of phenols is 1. The highest BCUT2D eigenvalue weighted by Crippen LogP contribution is 2.43. The molecule has 1 atom stereocenters. The van der Waals surface area contributed by atoms with Gasteiger partial charge in [0.2, 0.25) is 0 Å². The normalized spacial score (nSPS) is 17.0. The van der Waals surface area contributed by atoms with E-state index >= 15 is 0 Å². The first-order valence-electron chi connectivity index (χ1n) is 11.3. The number of phenolic OH excluding ortho intramolecular Hbond substituents is 1. The van der Waals surface area contributed by atoms with Crippen LogP contribution in [0.1, 0.15) is 89.1 Å². The molecule has 2 aromatic rings. The SMILES string of the molecule is COc1ccc([C@H](c2cc(C(C)(C)C)c(O)c(C(C)(C)C)c2)N2CCCCC2)cc1. The van der Waals surface area contributed by atoms with Crippen LogP contribution in [0.4, 0.5) is 0 Å². The highest BCUT2D eigenvalue weighted by atomic mass is 16.5. The second kappa shape index (κ2) is 8.63. The molecule has 2 aromatic carbocycles. The van der Waals surface area contributed by atoms with Crippen molar-refractivity contribution in [2.75, 3.05) is 20.2 Å². The third-order valence-electron chi connectivity index (χ3n) is 6.25. The first-order chi connectivity index (χ1) is 14.0. The number of piperidine rings is 1. The summed E-state index contributed by atoms with van der Waals surface area (Å²) in [4.78, 5) is 2.61. The van der Waals surface area contributed by atoms with Gasteiger partial charge >= 0.3 is 0 Å². The molecule has 3 heteroatoms. The first kappa shape index (κ1) is 22.7. The largest absolute Gasteiger partial charge is 0.507 e. The van der Waals surface area contributed by atoms with Gasteiger partial charge in [0.25, 0.3) is 0 Å². The number of ether oxygens (including phenoxy) is 1. The summed E-state index contributed by atoms with van der Waals surface area (Å²) < 4.78 is 5.40. The van der Waals surface area contributed by atoms with Crippen LogP contribution in [-0.2, 0) is 10.8 Å². The Morgan fingerprint density at radius 2 is 1.30 bits per heavy atom. The van der Waals surface area contributed by atoms with Gasteiger partial charge in [-0.1, -0.05) is 60.1 Å². The number of hydrogen-bond acceptors (Lipinski definition) is 3. The smallest absolute Gasteiger partial charge is 0.123 e. The van der Waals surface area contributed by atoms with Crippen LogP contribution < -0.4 is 4.74 Å². The maximum Gasteiger partial charge on any atom is 0.123 e. The summed E-state index contributed by atoms with van der Waals surface area (Å²) in [6.45, 7) is 15.3. The lowest BCUT2D eigenvalue weighted by Gasteiger charge is -2.37. The minimum Gasteiger partial charge on any atom is -0.507 e. The van der Waals surface area contributed by atoms with Crippen LogP contribution in [0.2, 0.25) is 0 Å². The van der Waals surface area contributed by atoms with E-state index in [1.165, 1.54) is 30.4 Å². The summed E-state index contributed by atoms with van der Waals surface area (Å²) >= 11 is 0. The Morgan fingerprint density at radius 3 is 1.73 bits per heavy atom. The number of methoxy groups -OCH3 is 1. The molecular formula is C27H39NO2. The lowest BCUT2D eigenvalue weighted by molar-refractivity contribution is 0.187. The molecule has 3 nitrogen and oxygen atoms in total. The van der Waals surface area contributed by atoms with Gasteiger partial charge in [-0.05, 0) is 83.3 Å². The summed E-state index contributed by atoms with van der Waals surface area (Å²) in [6, 6.07) is 13.2. The van der Waals surface area contributed by atoms with Gasteiger partial charge in [-0.2, -0.15) is 0 Å². The van der Waals surface area contributed by atoms with Gasteiger partial charge in [-0.3, -0.25) is 4.90 Å². The van der Waals surface area contributed by atoms with Crippen molar-refractivity contribution in [3.05, 3.63) is 58.7 Å². The van der Waals surface area contributed by atoms with Gasteiger partial charge in [-0.15, -0.1) is 0 Å². The molecule has 0 spiro atoms. The lowest BCUT2D eigenvalue weighted by atomic mass is 9.77. The van der Waals surface area contributed by atoms with Crippen molar-refractivity contribution < 1.29 is 9.84 Å².